The molecule has 2 aromatic carbocycles. The van der Waals surface area contributed by atoms with Crippen molar-refractivity contribution >= 4 is 40.2 Å². The van der Waals surface area contributed by atoms with Crippen molar-refractivity contribution in [3.63, 3.8) is 0 Å². The Hall–Kier alpha value is -2.53. The predicted octanol–water partition coefficient (Wildman–Crippen LogP) is 5.24. The van der Waals surface area contributed by atoms with Gasteiger partial charge in [-0.15, -0.1) is 0 Å². The van der Waals surface area contributed by atoms with Crippen molar-refractivity contribution in [1.82, 2.24) is 0 Å². The molecule has 0 aromatic heterocycles. The molecule has 6 heteroatoms. The lowest BCUT2D eigenvalue weighted by Crippen LogP contribution is -2.11. The molecule has 27 heavy (non-hydrogen) atoms. The summed E-state index contributed by atoms with van der Waals surface area (Å²) in [6.45, 7) is 4.05. The van der Waals surface area contributed by atoms with Crippen LogP contribution in [-0.2, 0) is 0 Å². The molecule has 2 rings (SSSR count). The van der Waals surface area contributed by atoms with E-state index in [1.807, 2.05) is 19.1 Å². The minimum Gasteiger partial charge on any atom is -0.493 e. The maximum absolute atomic E-state index is 11.0. The van der Waals surface area contributed by atoms with Crippen LogP contribution < -0.4 is 9.47 Å². The average Bonchev–Trinajstić information content (AvgIpc) is 2.67. The first-order chi connectivity index (χ1) is 12.9. The molecule has 0 saturated carbocycles. The zero-order valence-electron chi connectivity index (χ0n) is 15.3. The average molecular weight is 477 g/mol. The van der Waals surface area contributed by atoms with Gasteiger partial charge in [-0.3, -0.25) is 0 Å². The third-order valence-electron chi connectivity index (χ3n) is 4.02. The first kappa shape index (κ1) is 20.8. The van der Waals surface area contributed by atoms with Gasteiger partial charge in [0.2, 0.25) is 0 Å². The molecule has 0 saturated heterocycles. The smallest absolute Gasteiger partial charge is 0.335 e. The second-order valence-corrected chi connectivity index (χ2v) is 7.09. The molecule has 0 aliphatic heterocycles. The van der Waals surface area contributed by atoms with E-state index in [-0.39, 0.29) is 11.7 Å². The number of benzene rings is 2. The summed E-state index contributed by atoms with van der Waals surface area (Å²) >= 11 is 2.19. The molecule has 0 spiro atoms. The van der Waals surface area contributed by atoms with Gasteiger partial charge in [0.25, 0.3) is 0 Å². The largest absolute Gasteiger partial charge is 0.493 e. The normalized spacial score (nSPS) is 12.2. The van der Waals surface area contributed by atoms with Crippen LogP contribution in [0.15, 0.2) is 36.4 Å². The Morgan fingerprint density at radius 3 is 2.44 bits per heavy atom. The first-order valence-corrected chi connectivity index (χ1v) is 9.47. The molecule has 5 nitrogen and oxygen atoms in total. The zero-order valence-corrected chi connectivity index (χ0v) is 17.5. The van der Waals surface area contributed by atoms with Crippen LogP contribution in [-0.4, -0.2) is 24.3 Å². The van der Waals surface area contributed by atoms with Crippen molar-refractivity contribution in [2.24, 2.45) is 0 Å². The molecule has 0 amide bonds. The van der Waals surface area contributed by atoms with Crippen molar-refractivity contribution in [1.29, 1.82) is 5.26 Å². The van der Waals surface area contributed by atoms with E-state index in [2.05, 4.69) is 35.6 Å². The lowest BCUT2D eigenvalue weighted by molar-refractivity contribution is 0.0697. The van der Waals surface area contributed by atoms with Gasteiger partial charge < -0.3 is 14.6 Å². The standard InChI is InChI=1S/C21H20INO4/c1-4-13(2)27-20-18(22)10-14(11-19(20)26-3)9-17(12-23)15-5-7-16(8-6-15)21(24)25/h5-11,13H,4H2,1-3H3,(H,24,25)/b17-9-/t13-/m0/s1. The van der Waals surface area contributed by atoms with Crippen LogP contribution >= 0.6 is 22.6 Å². The number of nitrogens with zero attached hydrogens (tertiary/aromatic N) is 1. The van der Waals surface area contributed by atoms with Crippen molar-refractivity contribution in [2.45, 2.75) is 26.4 Å². The summed E-state index contributed by atoms with van der Waals surface area (Å²) in [4.78, 5) is 11.0. The Bertz CT molecular complexity index is 898. The van der Waals surface area contributed by atoms with Crippen molar-refractivity contribution < 1.29 is 19.4 Å². The lowest BCUT2D eigenvalue weighted by atomic mass is 10.0. The van der Waals surface area contributed by atoms with E-state index in [0.29, 0.717) is 22.6 Å². The fraction of sp³-hybridized carbons (Fsp3) is 0.238. The number of rotatable bonds is 7. The minimum absolute atomic E-state index is 0.0660. The Morgan fingerprint density at radius 2 is 1.93 bits per heavy atom. The lowest BCUT2D eigenvalue weighted by Gasteiger charge is -2.17. The van der Waals surface area contributed by atoms with Gasteiger partial charge in [0.15, 0.2) is 11.5 Å². The summed E-state index contributed by atoms with van der Waals surface area (Å²) in [7, 11) is 1.58. The molecule has 0 bridgehead atoms. The highest BCUT2D eigenvalue weighted by molar-refractivity contribution is 14.1. The highest BCUT2D eigenvalue weighted by Gasteiger charge is 2.14. The molecule has 0 unspecified atom stereocenters. The summed E-state index contributed by atoms with van der Waals surface area (Å²) in [6, 6.07) is 12.1. The second-order valence-electron chi connectivity index (χ2n) is 5.92. The highest BCUT2D eigenvalue weighted by Crippen LogP contribution is 2.36. The van der Waals surface area contributed by atoms with Crippen LogP contribution in [0.5, 0.6) is 11.5 Å². The predicted molar refractivity (Wildman–Crippen MR) is 113 cm³/mol. The molecular weight excluding hydrogens is 457 g/mol. The Kier molecular flexibility index (Phi) is 7.25. The first-order valence-electron chi connectivity index (χ1n) is 8.39. The van der Waals surface area contributed by atoms with Crippen molar-refractivity contribution in [3.8, 4) is 17.6 Å². The Labute approximate surface area is 172 Å². The molecule has 0 aliphatic carbocycles. The Balaban J connectivity index is 2.42. The van der Waals surface area contributed by atoms with Crippen LogP contribution in [0, 0.1) is 14.9 Å². The Morgan fingerprint density at radius 1 is 1.30 bits per heavy atom. The van der Waals surface area contributed by atoms with Crippen molar-refractivity contribution in [3.05, 3.63) is 56.7 Å². The number of carbonyl (C=O) groups is 1. The van der Waals surface area contributed by atoms with E-state index < -0.39 is 5.97 Å². The number of carboxylic acids is 1. The van der Waals surface area contributed by atoms with Gasteiger partial charge in [-0.1, -0.05) is 19.1 Å². The van der Waals surface area contributed by atoms with Gasteiger partial charge in [0.1, 0.15) is 0 Å². The molecule has 2 aromatic rings. The zero-order chi connectivity index (χ0) is 20.0. The SMILES string of the molecule is CC[C@H](C)Oc1c(I)cc(/C=C(/C#N)c2ccc(C(=O)O)cc2)cc1OC. The maximum Gasteiger partial charge on any atom is 0.335 e. The molecule has 140 valence electrons. The summed E-state index contributed by atoms with van der Waals surface area (Å²) in [5, 5.41) is 18.5. The molecule has 0 fully saturated rings. The third kappa shape index (κ3) is 5.23. The third-order valence-corrected chi connectivity index (χ3v) is 4.82. The number of hydrogen-bond donors (Lipinski definition) is 1. The van der Waals surface area contributed by atoms with Gasteiger partial charge in [0.05, 0.1) is 34.0 Å². The monoisotopic (exact) mass is 477 g/mol. The molecule has 0 aliphatic rings. The molecule has 0 heterocycles. The number of ether oxygens (including phenoxy) is 2. The quantitative estimate of drug-likeness (QED) is 0.335. The number of aromatic carboxylic acids is 1. The number of carboxylic acid groups (broad SMARTS) is 1. The van der Waals surface area contributed by atoms with Gasteiger partial charge in [-0.25, -0.2) is 4.79 Å². The number of halogens is 1. The molecule has 1 atom stereocenters. The van der Waals surface area contributed by atoms with E-state index >= 15 is 0 Å². The van der Waals surface area contributed by atoms with Gasteiger partial charge in [-0.2, -0.15) is 5.26 Å². The molecule has 1 N–H and O–H groups in total. The van der Waals surface area contributed by atoms with Crippen LogP contribution in [0.3, 0.4) is 0 Å². The number of allylic oxidation sites excluding steroid dienone is 1. The number of nitriles is 1. The molecule has 0 radical (unpaired) electrons. The fourth-order valence-corrected chi connectivity index (χ4v) is 3.11. The van der Waals surface area contributed by atoms with E-state index in [1.165, 1.54) is 12.1 Å². The minimum atomic E-state index is -1.000. The fourth-order valence-electron chi connectivity index (χ4n) is 2.36. The van der Waals surface area contributed by atoms with E-state index in [0.717, 1.165) is 15.6 Å². The summed E-state index contributed by atoms with van der Waals surface area (Å²) < 4.78 is 12.3. The maximum atomic E-state index is 11.0. The van der Waals surface area contributed by atoms with Crippen LogP contribution in [0.4, 0.5) is 0 Å². The van der Waals surface area contributed by atoms with Crippen LogP contribution in [0.2, 0.25) is 0 Å². The van der Waals surface area contributed by atoms with Crippen molar-refractivity contribution in [2.75, 3.05) is 7.11 Å². The highest BCUT2D eigenvalue weighted by atomic mass is 127. The summed E-state index contributed by atoms with van der Waals surface area (Å²) in [5.74, 6) is 0.293. The van der Waals surface area contributed by atoms with Gasteiger partial charge in [-0.05, 0) is 77.4 Å². The van der Waals surface area contributed by atoms with E-state index in [9.17, 15) is 10.1 Å². The van der Waals surface area contributed by atoms with E-state index in [4.69, 9.17) is 14.6 Å². The van der Waals surface area contributed by atoms with Crippen LogP contribution in [0.1, 0.15) is 41.8 Å². The number of hydrogen-bond acceptors (Lipinski definition) is 4. The summed E-state index contributed by atoms with van der Waals surface area (Å²) in [5.41, 5.74) is 2.06. The second kappa shape index (κ2) is 9.42. The van der Waals surface area contributed by atoms with Crippen LogP contribution in [0.25, 0.3) is 11.6 Å². The number of methoxy groups -OCH3 is 1. The topological polar surface area (TPSA) is 79.5 Å². The van der Waals surface area contributed by atoms with E-state index in [1.54, 1.807) is 25.3 Å². The summed E-state index contributed by atoms with van der Waals surface area (Å²) in [6.07, 6.45) is 2.69. The van der Waals surface area contributed by atoms with Gasteiger partial charge >= 0.3 is 5.97 Å². The molecular formula is C21H20INO4. The van der Waals surface area contributed by atoms with Gasteiger partial charge in [0, 0.05) is 0 Å².